The molecule has 1 aromatic rings. The molecular formula is C10H11ClO2. The Morgan fingerprint density at radius 2 is 2.08 bits per heavy atom. The summed E-state index contributed by atoms with van der Waals surface area (Å²) < 4.78 is 0. The lowest BCUT2D eigenvalue weighted by atomic mass is 10.0. The normalized spacial score (nSPS) is 10.1. The number of carboxylic acids is 1. The van der Waals surface area contributed by atoms with Crippen LogP contribution >= 0.6 is 11.6 Å². The van der Waals surface area contributed by atoms with Crippen molar-refractivity contribution in [2.75, 3.05) is 0 Å². The largest absolute Gasteiger partial charge is 0.478 e. The molecule has 0 atom stereocenters. The van der Waals surface area contributed by atoms with E-state index >= 15 is 0 Å². The number of aromatic carboxylic acids is 1. The van der Waals surface area contributed by atoms with E-state index in [2.05, 4.69) is 0 Å². The molecule has 0 heterocycles. The molecule has 1 N–H and O–H groups in total. The zero-order chi connectivity index (χ0) is 10.0. The van der Waals surface area contributed by atoms with Crippen molar-refractivity contribution in [3.05, 3.63) is 34.4 Å². The van der Waals surface area contributed by atoms with E-state index < -0.39 is 5.97 Å². The van der Waals surface area contributed by atoms with Gasteiger partial charge in [-0.3, -0.25) is 0 Å². The SMILES string of the molecule is Cc1cc(CCl)c(C)c(C(=O)O)c1. The second kappa shape index (κ2) is 3.79. The molecular weight excluding hydrogens is 188 g/mol. The van der Waals surface area contributed by atoms with Crippen molar-refractivity contribution in [3.8, 4) is 0 Å². The molecule has 2 nitrogen and oxygen atoms in total. The number of rotatable bonds is 2. The van der Waals surface area contributed by atoms with Crippen molar-refractivity contribution in [1.82, 2.24) is 0 Å². The van der Waals surface area contributed by atoms with Crippen LogP contribution in [0, 0.1) is 13.8 Å². The van der Waals surface area contributed by atoms with Gasteiger partial charge in [0.25, 0.3) is 0 Å². The van der Waals surface area contributed by atoms with Crippen LogP contribution in [0.3, 0.4) is 0 Å². The highest BCUT2D eigenvalue weighted by Crippen LogP contribution is 2.18. The molecule has 0 unspecified atom stereocenters. The highest BCUT2D eigenvalue weighted by atomic mass is 35.5. The van der Waals surface area contributed by atoms with Gasteiger partial charge in [-0.05, 0) is 36.6 Å². The van der Waals surface area contributed by atoms with E-state index in [9.17, 15) is 4.79 Å². The van der Waals surface area contributed by atoms with E-state index in [-0.39, 0.29) is 0 Å². The van der Waals surface area contributed by atoms with Crippen molar-refractivity contribution in [2.45, 2.75) is 19.7 Å². The molecule has 0 saturated carbocycles. The first-order chi connectivity index (χ1) is 6.06. The Kier molecular flexibility index (Phi) is 2.94. The minimum absolute atomic E-state index is 0.343. The minimum atomic E-state index is -0.896. The molecule has 0 aliphatic carbocycles. The first-order valence-electron chi connectivity index (χ1n) is 3.95. The van der Waals surface area contributed by atoms with Gasteiger partial charge in [-0.1, -0.05) is 6.07 Å². The smallest absolute Gasteiger partial charge is 0.335 e. The van der Waals surface area contributed by atoms with E-state index in [1.165, 1.54) is 0 Å². The third-order valence-electron chi connectivity index (χ3n) is 2.03. The molecule has 0 radical (unpaired) electrons. The van der Waals surface area contributed by atoms with Gasteiger partial charge in [0, 0.05) is 5.88 Å². The maximum atomic E-state index is 10.8. The molecule has 0 aliphatic heterocycles. The Morgan fingerprint density at radius 1 is 1.46 bits per heavy atom. The fourth-order valence-electron chi connectivity index (χ4n) is 1.29. The maximum Gasteiger partial charge on any atom is 0.335 e. The molecule has 0 aliphatic rings. The summed E-state index contributed by atoms with van der Waals surface area (Å²) in [6.45, 7) is 3.64. The number of aryl methyl sites for hydroxylation is 1. The lowest BCUT2D eigenvalue weighted by Gasteiger charge is -2.07. The molecule has 70 valence electrons. The number of hydrogen-bond acceptors (Lipinski definition) is 1. The van der Waals surface area contributed by atoms with E-state index in [1.54, 1.807) is 13.0 Å². The Hall–Kier alpha value is -1.02. The van der Waals surface area contributed by atoms with Gasteiger partial charge in [0.1, 0.15) is 0 Å². The number of alkyl halides is 1. The molecule has 0 bridgehead atoms. The van der Waals surface area contributed by atoms with Crippen molar-refractivity contribution in [1.29, 1.82) is 0 Å². The van der Waals surface area contributed by atoms with Gasteiger partial charge < -0.3 is 5.11 Å². The summed E-state index contributed by atoms with van der Waals surface area (Å²) in [7, 11) is 0. The Bertz CT molecular complexity index is 345. The second-order valence-corrected chi connectivity index (χ2v) is 3.30. The molecule has 1 aromatic carbocycles. The summed E-state index contributed by atoms with van der Waals surface area (Å²) in [5, 5.41) is 8.87. The Balaban J connectivity index is 3.35. The highest BCUT2D eigenvalue weighted by Gasteiger charge is 2.10. The van der Waals surface area contributed by atoms with Crippen LogP contribution in [0.5, 0.6) is 0 Å². The predicted molar refractivity (Wildman–Crippen MR) is 52.4 cm³/mol. The monoisotopic (exact) mass is 198 g/mol. The summed E-state index contributed by atoms with van der Waals surface area (Å²) >= 11 is 5.69. The highest BCUT2D eigenvalue weighted by molar-refractivity contribution is 6.17. The Labute approximate surface area is 82.2 Å². The average Bonchev–Trinajstić information content (AvgIpc) is 2.08. The van der Waals surface area contributed by atoms with E-state index in [1.807, 2.05) is 13.0 Å². The van der Waals surface area contributed by atoms with Gasteiger partial charge >= 0.3 is 5.97 Å². The summed E-state index contributed by atoms with van der Waals surface area (Å²) in [6.07, 6.45) is 0. The summed E-state index contributed by atoms with van der Waals surface area (Å²) in [6, 6.07) is 3.57. The second-order valence-electron chi connectivity index (χ2n) is 3.04. The lowest BCUT2D eigenvalue weighted by molar-refractivity contribution is 0.0696. The number of halogens is 1. The lowest BCUT2D eigenvalue weighted by Crippen LogP contribution is -2.02. The fourth-order valence-corrected chi connectivity index (χ4v) is 1.57. The predicted octanol–water partition coefficient (Wildman–Crippen LogP) is 2.74. The topological polar surface area (TPSA) is 37.3 Å². The average molecular weight is 199 g/mol. The summed E-state index contributed by atoms with van der Waals surface area (Å²) in [5.41, 5.74) is 2.92. The van der Waals surface area contributed by atoms with Crippen molar-refractivity contribution in [2.24, 2.45) is 0 Å². The van der Waals surface area contributed by atoms with Crippen LogP contribution in [0.25, 0.3) is 0 Å². The van der Waals surface area contributed by atoms with Crippen molar-refractivity contribution >= 4 is 17.6 Å². The van der Waals surface area contributed by atoms with Crippen LogP contribution in [-0.4, -0.2) is 11.1 Å². The van der Waals surface area contributed by atoms with Gasteiger partial charge in [-0.15, -0.1) is 11.6 Å². The first-order valence-corrected chi connectivity index (χ1v) is 4.49. The fraction of sp³-hybridized carbons (Fsp3) is 0.300. The Morgan fingerprint density at radius 3 is 2.54 bits per heavy atom. The van der Waals surface area contributed by atoms with Gasteiger partial charge in [-0.25, -0.2) is 4.79 Å². The van der Waals surface area contributed by atoms with Crippen LogP contribution in [0.2, 0.25) is 0 Å². The molecule has 1 rings (SSSR count). The first kappa shape index (κ1) is 10.1. The van der Waals surface area contributed by atoms with Crippen LogP contribution in [-0.2, 0) is 5.88 Å². The van der Waals surface area contributed by atoms with E-state index in [0.717, 1.165) is 16.7 Å². The van der Waals surface area contributed by atoms with Crippen molar-refractivity contribution < 1.29 is 9.90 Å². The number of benzene rings is 1. The number of hydrogen-bond donors (Lipinski definition) is 1. The quantitative estimate of drug-likeness (QED) is 0.742. The maximum absolute atomic E-state index is 10.8. The van der Waals surface area contributed by atoms with Crippen LogP contribution in [0.4, 0.5) is 0 Å². The number of carbonyl (C=O) groups is 1. The molecule has 0 fully saturated rings. The molecule has 0 saturated heterocycles. The van der Waals surface area contributed by atoms with Crippen LogP contribution in [0.15, 0.2) is 12.1 Å². The minimum Gasteiger partial charge on any atom is -0.478 e. The van der Waals surface area contributed by atoms with Gasteiger partial charge in [0.2, 0.25) is 0 Å². The third kappa shape index (κ3) is 2.01. The van der Waals surface area contributed by atoms with E-state index in [4.69, 9.17) is 16.7 Å². The summed E-state index contributed by atoms with van der Waals surface area (Å²) in [4.78, 5) is 10.8. The van der Waals surface area contributed by atoms with Crippen LogP contribution < -0.4 is 0 Å². The molecule has 0 spiro atoms. The van der Waals surface area contributed by atoms with Gasteiger partial charge in [0.15, 0.2) is 0 Å². The van der Waals surface area contributed by atoms with Crippen molar-refractivity contribution in [3.63, 3.8) is 0 Å². The standard InChI is InChI=1S/C10H11ClO2/c1-6-3-8(5-11)7(2)9(4-6)10(12)13/h3-4H,5H2,1-2H3,(H,12,13). The van der Waals surface area contributed by atoms with Crippen LogP contribution in [0.1, 0.15) is 27.0 Å². The third-order valence-corrected chi connectivity index (χ3v) is 2.32. The zero-order valence-electron chi connectivity index (χ0n) is 7.60. The van der Waals surface area contributed by atoms with E-state index in [0.29, 0.717) is 11.4 Å². The molecule has 0 amide bonds. The number of carboxylic acid groups (broad SMARTS) is 1. The zero-order valence-corrected chi connectivity index (χ0v) is 8.35. The molecule has 13 heavy (non-hydrogen) atoms. The van der Waals surface area contributed by atoms with Gasteiger partial charge in [0.05, 0.1) is 5.56 Å². The molecule has 3 heteroatoms. The van der Waals surface area contributed by atoms with Gasteiger partial charge in [-0.2, -0.15) is 0 Å². The molecule has 0 aromatic heterocycles. The summed E-state index contributed by atoms with van der Waals surface area (Å²) in [5.74, 6) is -0.541.